The van der Waals surface area contributed by atoms with E-state index in [0.29, 0.717) is 0 Å². The molecular weight excluding hydrogens is 112 g/mol. The first-order valence-electron chi connectivity index (χ1n) is 0.471. The fourth-order valence-corrected chi connectivity index (χ4v) is 0. The van der Waals surface area contributed by atoms with E-state index < -0.39 is 7.69 Å². The molecule has 0 atom stereocenters. The Balaban J connectivity index is -0.00000000667. The molecular formula is BNa3O2+. The van der Waals surface area contributed by atoms with Crippen LogP contribution in [0.4, 0.5) is 0 Å². The number of hydrogen-bond donors (Lipinski definition) is 0. The molecule has 0 aromatic heterocycles. The van der Waals surface area contributed by atoms with Crippen LogP contribution >= 0.6 is 0 Å². The van der Waals surface area contributed by atoms with Crippen LogP contribution in [0.3, 0.4) is 0 Å². The van der Waals surface area contributed by atoms with Crippen LogP contribution in [0.15, 0.2) is 0 Å². The van der Waals surface area contributed by atoms with E-state index in [2.05, 4.69) is 0 Å². The molecule has 0 aliphatic carbocycles. The molecule has 0 aliphatic heterocycles. The maximum Gasteiger partial charge on any atom is 1.00 e. The van der Waals surface area contributed by atoms with Gasteiger partial charge in [0.2, 0.25) is 0 Å². The average Bonchev–Trinajstić information content (AvgIpc) is 0.918. The topological polar surface area (TPSA) is 46.1 Å². The van der Waals surface area contributed by atoms with E-state index in [-0.39, 0.29) is 88.7 Å². The zero-order chi connectivity index (χ0) is 2.71. The molecule has 0 amide bonds. The van der Waals surface area contributed by atoms with Crippen molar-refractivity contribution in [3.8, 4) is 0 Å². The molecule has 0 saturated heterocycles. The van der Waals surface area contributed by atoms with Crippen LogP contribution in [0, 0.1) is 0 Å². The summed E-state index contributed by atoms with van der Waals surface area (Å²) >= 11 is 0. The summed E-state index contributed by atoms with van der Waals surface area (Å²) in [5.41, 5.74) is 0. The minimum atomic E-state index is -0.500. The predicted octanol–water partition coefficient (Wildman–Crippen LogP) is -11.7. The Labute approximate surface area is 104 Å². The Hall–Kier alpha value is 2.98. The fourth-order valence-electron chi connectivity index (χ4n) is 0. The summed E-state index contributed by atoms with van der Waals surface area (Å²) in [6.07, 6.45) is 0. The minimum Gasteiger partial charge on any atom is -0.900 e. The van der Waals surface area contributed by atoms with Crippen molar-refractivity contribution in [2.45, 2.75) is 0 Å². The molecule has 0 saturated carbocycles. The van der Waals surface area contributed by atoms with Crippen molar-refractivity contribution in [2.75, 3.05) is 0 Å². The molecule has 6 heteroatoms. The van der Waals surface area contributed by atoms with Gasteiger partial charge in [0, 0.05) is 0 Å². The van der Waals surface area contributed by atoms with Crippen molar-refractivity contribution < 1.29 is 98.7 Å². The summed E-state index contributed by atoms with van der Waals surface area (Å²) in [5.74, 6) is 0. The standard InChI is InChI=1S/BO2.3Na/c2-1-3;;;/q-2;3*+1. The normalized spacial score (nSPS) is 2.33. The summed E-state index contributed by atoms with van der Waals surface area (Å²) in [6, 6.07) is 0. The van der Waals surface area contributed by atoms with Gasteiger partial charge >= 0.3 is 88.7 Å². The summed E-state index contributed by atoms with van der Waals surface area (Å²) in [4.78, 5) is 0. The van der Waals surface area contributed by atoms with Gasteiger partial charge in [-0.3, -0.25) is 0 Å². The molecule has 0 bridgehead atoms. The first-order valence-corrected chi connectivity index (χ1v) is 0.471. The maximum atomic E-state index is 8.25. The third-order valence-corrected chi connectivity index (χ3v) is 0. The van der Waals surface area contributed by atoms with E-state index in [1.165, 1.54) is 0 Å². The van der Waals surface area contributed by atoms with E-state index >= 15 is 0 Å². The molecule has 0 heterocycles. The van der Waals surface area contributed by atoms with Crippen LogP contribution in [0.5, 0.6) is 0 Å². The van der Waals surface area contributed by atoms with Gasteiger partial charge in [0.15, 0.2) is 0 Å². The Kier molecular flexibility index (Phi) is 94.3. The van der Waals surface area contributed by atoms with E-state index in [9.17, 15) is 0 Å². The summed E-state index contributed by atoms with van der Waals surface area (Å²) in [6.45, 7) is 0. The van der Waals surface area contributed by atoms with Gasteiger partial charge in [0.05, 0.1) is 0 Å². The van der Waals surface area contributed by atoms with Crippen LogP contribution < -0.4 is 98.7 Å². The zero-order valence-corrected chi connectivity index (χ0v) is 10.4. The molecule has 0 unspecified atom stereocenters. The summed E-state index contributed by atoms with van der Waals surface area (Å²) in [7, 11) is -0.500. The van der Waals surface area contributed by atoms with Crippen molar-refractivity contribution >= 4 is 7.69 Å². The SMILES string of the molecule is [Na+].[Na+].[Na+].[O-][B][O-]. The van der Waals surface area contributed by atoms with E-state index in [1.54, 1.807) is 0 Å². The second kappa shape index (κ2) is 24.5. The Morgan fingerprint density at radius 2 is 0.833 bits per heavy atom. The maximum absolute atomic E-state index is 8.25. The van der Waals surface area contributed by atoms with Crippen LogP contribution in [-0.4, -0.2) is 7.69 Å². The van der Waals surface area contributed by atoms with Crippen molar-refractivity contribution in [3.05, 3.63) is 0 Å². The van der Waals surface area contributed by atoms with Crippen LogP contribution in [0.2, 0.25) is 0 Å². The molecule has 0 rings (SSSR count). The van der Waals surface area contributed by atoms with Gasteiger partial charge in [-0.25, -0.2) is 7.69 Å². The van der Waals surface area contributed by atoms with Gasteiger partial charge in [-0.15, -0.1) is 0 Å². The fraction of sp³-hybridized carbons (Fsp3) is 0. The third-order valence-electron chi connectivity index (χ3n) is 0. The van der Waals surface area contributed by atoms with E-state index in [0.717, 1.165) is 0 Å². The van der Waals surface area contributed by atoms with E-state index in [1.807, 2.05) is 0 Å². The first-order chi connectivity index (χ1) is 1.41. The van der Waals surface area contributed by atoms with Crippen LogP contribution in [0.1, 0.15) is 0 Å². The third kappa shape index (κ3) is 28.1. The van der Waals surface area contributed by atoms with Gasteiger partial charge < -0.3 is 10.0 Å². The number of rotatable bonds is 0. The van der Waals surface area contributed by atoms with Crippen molar-refractivity contribution in [3.63, 3.8) is 0 Å². The minimum absolute atomic E-state index is 0. The predicted molar refractivity (Wildman–Crippen MR) is 5.75 cm³/mol. The molecule has 6 heavy (non-hydrogen) atoms. The Morgan fingerprint density at radius 3 is 0.833 bits per heavy atom. The molecule has 0 aromatic rings. The Bertz CT molecular complexity index is 8.75. The molecule has 0 aliphatic rings. The second-order valence-corrected chi connectivity index (χ2v) is 0.0962. The average molecular weight is 112 g/mol. The molecule has 1 radical (unpaired) electrons. The summed E-state index contributed by atoms with van der Waals surface area (Å²) in [5, 5.41) is 16.5. The second-order valence-electron chi connectivity index (χ2n) is 0.0962. The molecule has 0 aromatic carbocycles. The molecule has 0 spiro atoms. The van der Waals surface area contributed by atoms with Gasteiger partial charge in [-0.1, -0.05) is 0 Å². The van der Waals surface area contributed by atoms with Crippen molar-refractivity contribution in [1.82, 2.24) is 0 Å². The first kappa shape index (κ1) is 23.1. The zero-order valence-electron chi connectivity index (χ0n) is 4.39. The van der Waals surface area contributed by atoms with Crippen molar-refractivity contribution in [2.24, 2.45) is 0 Å². The molecule has 17 valence electrons. The molecule has 2 nitrogen and oxygen atoms in total. The molecule has 0 N–H and O–H groups in total. The van der Waals surface area contributed by atoms with E-state index in [4.69, 9.17) is 10.0 Å². The van der Waals surface area contributed by atoms with Gasteiger partial charge in [-0.05, 0) is 0 Å². The van der Waals surface area contributed by atoms with Gasteiger partial charge in [0.25, 0.3) is 0 Å². The smallest absolute Gasteiger partial charge is 0.900 e. The molecule has 0 fully saturated rings. The largest absolute Gasteiger partial charge is 1.00 e. The van der Waals surface area contributed by atoms with Gasteiger partial charge in [0.1, 0.15) is 0 Å². The van der Waals surface area contributed by atoms with Crippen LogP contribution in [-0.2, 0) is 0 Å². The monoisotopic (exact) mass is 112 g/mol. The summed E-state index contributed by atoms with van der Waals surface area (Å²) < 4.78 is 0. The van der Waals surface area contributed by atoms with Gasteiger partial charge in [-0.2, -0.15) is 0 Å². The number of hydrogen-bond acceptors (Lipinski definition) is 2. The van der Waals surface area contributed by atoms with Crippen molar-refractivity contribution in [1.29, 1.82) is 0 Å². The quantitative estimate of drug-likeness (QED) is 0.292. The Morgan fingerprint density at radius 1 is 0.833 bits per heavy atom. The van der Waals surface area contributed by atoms with Crippen LogP contribution in [0.25, 0.3) is 0 Å².